The van der Waals surface area contributed by atoms with Gasteiger partial charge in [0, 0.05) is 12.2 Å². The number of ether oxygens (including phenoxy) is 1. The normalized spacial score (nSPS) is 10.1. The van der Waals surface area contributed by atoms with Crippen LogP contribution >= 0.6 is 23.3 Å². The Bertz CT molecular complexity index is 560. The van der Waals surface area contributed by atoms with E-state index in [9.17, 15) is 0 Å². The van der Waals surface area contributed by atoms with Gasteiger partial charge in [0.1, 0.15) is 11.6 Å². The highest BCUT2D eigenvalue weighted by Gasteiger charge is 2.02. The second-order valence-electron chi connectivity index (χ2n) is 3.66. The average molecular weight is 291 g/mol. The smallest absolute Gasteiger partial charge is 0.170 e. The molecule has 2 aromatic rings. The van der Waals surface area contributed by atoms with E-state index in [0.717, 1.165) is 28.1 Å². The lowest BCUT2D eigenvalue weighted by molar-refractivity contribution is 0.344. The highest BCUT2D eigenvalue weighted by Crippen LogP contribution is 2.20. The van der Waals surface area contributed by atoms with E-state index in [2.05, 4.69) is 15.4 Å². The van der Waals surface area contributed by atoms with Gasteiger partial charge in [0.15, 0.2) is 4.34 Å². The molecule has 0 saturated carbocycles. The maximum Gasteiger partial charge on any atom is 0.170 e. The first-order chi connectivity index (χ1) is 9.31. The first-order valence-electron chi connectivity index (χ1n) is 5.90. The van der Waals surface area contributed by atoms with Crippen LogP contribution in [-0.4, -0.2) is 21.7 Å². The zero-order valence-corrected chi connectivity index (χ0v) is 12.1. The summed E-state index contributed by atoms with van der Waals surface area (Å²) in [6, 6.07) is 9.20. The van der Waals surface area contributed by atoms with Crippen molar-refractivity contribution in [1.82, 2.24) is 9.36 Å². The Morgan fingerprint density at radius 2 is 2.16 bits per heavy atom. The fraction of sp³-hybridized carbons (Fsp3) is 0.308. The van der Waals surface area contributed by atoms with Crippen LogP contribution in [0, 0.1) is 11.3 Å². The minimum absolute atomic E-state index is 0.609. The van der Waals surface area contributed by atoms with Gasteiger partial charge >= 0.3 is 0 Å². The van der Waals surface area contributed by atoms with Gasteiger partial charge in [0.25, 0.3) is 0 Å². The van der Waals surface area contributed by atoms with Crippen LogP contribution in [0.4, 0.5) is 0 Å². The molecule has 0 N–H and O–H groups in total. The van der Waals surface area contributed by atoms with Crippen LogP contribution in [0.25, 0.3) is 0 Å². The molecule has 2 rings (SSSR count). The Morgan fingerprint density at radius 1 is 1.37 bits per heavy atom. The Kier molecular flexibility index (Phi) is 5.19. The number of benzene rings is 1. The Balaban J connectivity index is 1.72. The summed E-state index contributed by atoms with van der Waals surface area (Å²) in [5.74, 6) is 2.52. The van der Waals surface area contributed by atoms with Crippen LogP contribution in [-0.2, 0) is 6.42 Å². The van der Waals surface area contributed by atoms with E-state index in [1.54, 1.807) is 23.9 Å². The molecular formula is C13H13N3OS2. The maximum atomic E-state index is 8.69. The topological polar surface area (TPSA) is 58.8 Å². The van der Waals surface area contributed by atoms with Crippen LogP contribution in [0.2, 0.25) is 0 Å². The number of hydrogen-bond acceptors (Lipinski definition) is 6. The van der Waals surface area contributed by atoms with Gasteiger partial charge in [0.05, 0.1) is 18.2 Å². The molecule has 1 aromatic carbocycles. The molecule has 0 radical (unpaired) electrons. The summed E-state index contributed by atoms with van der Waals surface area (Å²) in [6.45, 7) is 2.65. The van der Waals surface area contributed by atoms with Crippen molar-refractivity contribution < 1.29 is 4.74 Å². The lowest BCUT2D eigenvalue weighted by Gasteiger charge is -2.04. The number of hydrogen-bond donors (Lipinski definition) is 0. The molecule has 0 aliphatic heterocycles. The minimum Gasteiger partial charge on any atom is -0.493 e. The SMILES string of the molecule is CCc1nsc(SCCOc2ccc(C#N)cc2)n1. The van der Waals surface area contributed by atoms with Gasteiger partial charge in [-0.15, -0.1) is 0 Å². The van der Waals surface area contributed by atoms with E-state index in [-0.39, 0.29) is 0 Å². The summed E-state index contributed by atoms with van der Waals surface area (Å²) in [4.78, 5) is 4.37. The predicted molar refractivity (Wildman–Crippen MR) is 76.7 cm³/mol. The van der Waals surface area contributed by atoms with Gasteiger partial charge in [-0.25, -0.2) is 4.98 Å². The Labute approximate surface area is 120 Å². The fourth-order valence-electron chi connectivity index (χ4n) is 1.35. The maximum absolute atomic E-state index is 8.69. The molecule has 19 heavy (non-hydrogen) atoms. The molecule has 0 aliphatic rings. The van der Waals surface area contributed by atoms with Gasteiger partial charge in [-0.2, -0.15) is 9.64 Å². The predicted octanol–water partition coefficient (Wildman–Crippen LogP) is 3.14. The van der Waals surface area contributed by atoms with Gasteiger partial charge in [-0.05, 0) is 35.8 Å². The molecule has 0 unspecified atom stereocenters. The van der Waals surface area contributed by atoms with Gasteiger partial charge < -0.3 is 4.74 Å². The van der Waals surface area contributed by atoms with Crippen molar-refractivity contribution in [3.8, 4) is 11.8 Å². The standard InChI is InChI=1S/C13H13N3OS2/c1-2-12-15-13(19-16-12)18-8-7-17-11-5-3-10(9-14)4-6-11/h3-6H,2,7-8H2,1H3. The summed E-state index contributed by atoms with van der Waals surface area (Å²) >= 11 is 3.09. The van der Waals surface area contributed by atoms with Crippen molar-refractivity contribution in [3.05, 3.63) is 35.7 Å². The lowest BCUT2D eigenvalue weighted by atomic mass is 10.2. The lowest BCUT2D eigenvalue weighted by Crippen LogP contribution is -1.99. The summed E-state index contributed by atoms with van der Waals surface area (Å²) in [7, 11) is 0. The quantitative estimate of drug-likeness (QED) is 0.604. The van der Waals surface area contributed by atoms with E-state index < -0.39 is 0 Å². The fourth-order valence-corrected chi connectivity index (χ4v) is 2.94. The molecule has 4 nitrogen and oxygen atoms in total. The van der Waals surface area contributed by atoms with Crippen LogP contribution in [0.1, 0.15) is 18.3 Å². The third kappa shape index (κ3) is 4.23. The van der Waals surface area contributed by atoms with Gasteiger partial charge in [0.2, 0.25) is 0 Å². The Morgan fingerprint density at radius 3 is 2.79 bits per heavy atom. The summed E-state index contributed by atoms with van der Waals surface area (Å²) in [5, 5.41) is 8.69. The highest BCUT2D eigenvalue weighted by molar-refractivity contribution is 8.00. The second-order valence-corrected chi connectivity index (χ2v) is 5.76. The van der Waals surface area contributed by atoms with Crippen LogP contribution in [0.3, 0.4) is 0 Å². The monoisotopic (exact) mass is 291 g/mol. The first-order valence-corrected chi connectivity index (χ1v) is 7.66. The molecule has 6 heteroatoms. The molecule has 0 spiro atoms. The van der Waals surface area contributed by atoms with E-state index in [1.165, 1.54) is 11.5 Å². The molecular weight excluding hydrogens is 278 g/mol. The van der Waals surface area contributed by atoms with E-state index in [4.69, 9.17) is 10.00 Å². The molecule has 0 aliphatic carbocycles. The Hall–Kier alpha value is -1.58. The molecule has 98 valence electrons. The third-order valence-electron chi connectivity index (χ3n) is 2.33. The zero-order valence-electron chi connectivity index (χ0n) is 10.5. The molecule has 0 bridgehead atoms. The molecule has 0 fully saturated rings. The number of nitriles is 1. The highest BCUT2D eigenvalue weighted by atomic mass is 32.2. The van der Waals surface area contributed by atoms with Crippen LogP contribution in [0.15, 0.2) is 28.6 Å². The number of aryl methyl sites for hydroxylation is 1. The van der Waals surface area contributed by atoms with Crippen LogP contribution < -0.4 is 4.74 Å². The van der Waals surface area contributed by atoms with Gasteiger partial charge in [-0.1, -0.05) is 18.7 Å². The third-order valence-corrected chi connectivity index (χ3v) is 4.16. The summed E-state index contributed by atoms with van der Waals surface area (Å²) in [5.41, 5.74) is 0.641. The second kappa shape index (κ2) is 7.12. The minimum atomic E-state index is 0.609. The van der Waals surface area contributed by atoms with Gasteiger partial charge in [-0.3, -0.25) is 0 Å². The van der Waals surface area contributed by atoms with E-state index in [1.807, 2.05) is 19.1 Å². The molecule has 1 aromatic heterocycles. The van der Waals surface area contributed by atoms with Crippen molar-refractivity contribution in [2.75, 3.05) is 12.4 Å². The van der Waals surface area contributed by atoms with Crippen molar-refractivity contribution in [1.29, 1.82) is 5.26 Å². The van der Waals surface area contributed by atoms with Crippen molar-refractivity contribution in [2.24, 2.45) is 0 Å². The van der Waals surface area contributed by atoms with E-state index >= 15 is 0 Å². The average Bonchev–Trinajstić information content (AvgIpc) is 2.92. The number of aromatic nitrogens is 2. The van der Waals surface area contributed by atoms with Crippen molar-refractivity contribution in [2.45, 2.75) is 17.7 Å². The zero-order chi connectivity index (χ0) is 13.5. The number of thioether (sulfide) groups is 1. The molecule has 0 atom stereocenters. The molecule has 1 heterocycles. The number of nitrogens with zero attached hydrogens (tertiary/aromatic N) is 3. The van der Waals surface area contributed by atoms with Crippen molar-refractivity contribution in [3.63, 3.8) is 0 Å². The first kappa shape index (κ1) is 13.8. The van der Waals surface area contributed by atoms with Crippen LogP contribution in [0.5, 0.6) is 5.75 Å². The summed E-state index contributed by atoms with van der Waals surface area (Å²) < 4.78 is 10.8. The van der Waals surface area contributed by atoms with E-state index in [0.29, 0.717) is 12.2 Å². The largest absolute Gasteiger partial charge is 0.493 e. The summed E-state index contributed by atoms with van der Waals surface area (Å²) in [6.07, 6.45) is 0.874. The number of rotatable bonds is 6. The molecule has 0 amide bonds. The van der Waals surface area contributed by atoms with Crippen molar-refractivity contribution >= 4 is 23.3 Å². The molecule has 0 saturated heterocycles.